The van der Waals surface area contributed by atoms with Gasteiger partial charge >= 0.3 is 6.03 Å². The second kappa shape index (κ2) is 11.3. The van der Waals surface area contributed by atoms with E-state index in [0.717, 1.165) is 10.5 Å². The summed E-state index contributed by atoms with van der Waals surface area (Å²) >= 11 is 0. The minimum Gasteiger partial charge on any atom is -0.493 e. The number of hydrogen-bond donors (Lipinski definition) is 3. The lowest BCUT2D eigenvalue weighted by Crippen LogP contribution is -2.40. The quantitative estimate of drug-likeness (QED) is 0.444. The third kappa shape index (κ3) is 6.23. The summed E-state index contributed by atoms with van der Waals surface area (Å²) < 4.78 is 10.5. The van der Waals surface area contributed by atoms with Crippen LogP contribution in [0.3, 0.4) is 0 Å². The third-order valence-electron chi connectivity index (χ3n) is 5.47. The number of aliphatic hydroxyl groups excluding tert-OH is 1. The number of urea groups is 1. The van der Waals surface area contributed by atoms with Gasteiger partial charge in [0, 0.05) is 6.42 Å². The summed E-state index contributed by atoms with van der Waals surface area (Å²) in [5.41, 5.74) is 1.71. The number of hydrogen-bond acceptors (Lipinski definition) is 6. The Morgan fingerprint density at radius 3 is 2.48 bits per heavy atom. The number of carbonyl (C=O) groups is 3. The molecule has 9 heteroatoms. The summed E-state index contributed by atoms with van der Waals surface area (Å²) in [4.78, 5) is 38.6. The van der Waals surface area contributed by atoms with Gasteiger partial charge in [0.05, 0.1) is 33.4 Å². The molecule has 0 bridgehead atoms. The highest BCUT2D eigenvalue weighted by molar-refractivity contribution is 6.04. The number of nitrogens with zero attached hydrogens (tertiary/aromatic N) is 1. The molecule has 2 aromatic rings. The van der Waals surface area contributed by atoms with E-state index in [9.17, 15) is 19.5 Å². The lowest BCUT2D eigenvalue weighted by molar-refractivity contribution is -0.128. The van der Waals surface area contributed by atoms with Crippen LogP contribution in [0.1, 0.15) is 24.0 Å². The molecule has 4 amide bonds. The maximum absolute atomic E-state index is 12.7. The second-order valence-electron chi connectivity index (χ2n) is 7.79. The van der Waals surface area contributed by atoms with Crippen molar-refractivity contribution in [1.29, 1.82) is 0 Å². The highest BCUT2D eigenvalue weighted by Gasteiger charge is 2.38. The Kier molecular flexibility index (Phi) is 8.26. The Bertz CT molecular complexity index is 981. The number of methoxy groups -OCH3 is 2. The van der Waals surface area contributed by atoms with Crippen LogP contribution in [-0.4, -0.2) is 60.8 Å². The van der Waals surface area contributed by atoms with Gasteiger partial charge in [-0.2, -0.15) is 0 Å². The van der Waals surface area contributed by atoms with Crippen LogP contribution in [0.2, 0.25) is 0 Å². The standard InChI is InChI=1S/C24H29N3O6/c1-32-20-10-8-17(13-21(20)33-2)14-27-23(30)19(26-24(27)31)9-11-22(29)25-18(15-28)12-16-6-4-3-5-7-16/h3-8,10,13,18-19,28H,9,11-12,14-15H2,1-2H3,(H,25,29)(H,26,31)/t18-,19+/m0/s1. The molecule has 0 aromatic heterocycles. The molecule has 33 heavy (non-hydrogen) atoms. The van der Waals surface area contributed by atoms with E-state index in [1.54, 1.807) is 18.2 Å². The maximum atomic E-state index is 12.7. The molecule has 2 atom stereocenters. The van der Waals surface area contributed by atoms with Crippen molar-refractivity contribution in [3.63, 3.8) is 0 Å². The van der Waals surface area contributed by atoms with Crippen LogP contribution in [0.5, 0.6) is 11.5 Å². The van der Waals surface area contributed by atoms with Crippen LogP contribution in [0.4, 0.5) is 4.79 Å². The average Bonchev–Trinajstić information content (AvgIpc) is 3.10. The predicted octanol–water partition coefficient (Wildman–Crippen LogP) is 1.62. The molecule has 0 saturated carbocycles. The number of amides is 4. The monoisotopic (exact) mass is 455 g/mol. The van der Waals surface area contributed by atoms with E-state index in [1.807, 2.05) is 30.3 Å². The molecular weight excluding hydrogens is 426 g/mol. The zero-order chi connectivity index (χ0) is 23.8. The van der Waals surface area contributed by atoms with E-state index < -0.39 is 18.1 Å². The normalized spacial score (nSPS) is 16.3. The van der Waals surface area contributed by atoms with Crippen LogP contribution in [0.25, 0.3) is 0 Å². The highest BCUT2D eigenvalue weighted by Crippen LogP contribution is 2.28. The molecule has 1 aliphatic heterocycles. The van der Waals surface area contributed by atoms with Gasteiger partial charge in [0.2, 0.25) is 5.91 Å². The molecule has 0 spiro atoms. The molecule has 0 radical (unpaired) electrons. The zero-order valence-corrected chi connectivity index (χ0v) is 18.7. The number of nitrogens with one attached hydrogen (secondary N) is 2. The molecule has 3 N–H and O–H groups in total. The van der Waals surface area contributed by atoms with Gasteiger partial charge in [0.25, 0.3) is 5.91 Å². The molecular formula is C24H29N3O6. The molecule has 1 saturated heterocycles. The van der Waals surface area contributed by atoms with E-state index in [1.165, 1.54) is 14.2 Å². The van der Waals surface area contributed by atoms with Crippen molar-refractivity contribution < 1.29 is 29.0 Å². The zero-order valence-electron chi connectivity index (χ0n) is 18.7. The molecule has 2 aromatic carbocycles. The van der Waals surface area contributed by atoms with Crippen molar-refractivity contribution in [1.82, 2.24) is 15.5 Å². The SMILES string of the molecule is COc1ccc(CN2C(=O)N[C@H](CCC(=O)N[C@H](CO)Cc3ccccc3)C2=O)cc1OC. The van der Waals surface area contributed by atoms with E-state index in [4.69, 9.17) is 9.47 Å². The maximum Gasteiger partial charge on any atom is 0.325 e. The molecule has 176 valence electrons. The van der Waals surface area contributed by atoms with Gasteiger partial charge in [0.1, 0.15) is 6.04 Å². The van der Waals surface area contributed by atoms with Gasteiger partial charge in [-0.15, -0.1) is 0 Å². The van der Waals surface area contributed by atoms with E-state index >= 15 is 0 Å². The van der Waals surface area contributed by atoms with Gasteiger partial charge in [0.15, 0.2) is 11.5 Å². The Labute approximate surface area is 192 Å². The predicted molar refractivity (Wildman–Crippen MR) is 121 cm³/mol. The topological polar surface area (TPSA) is 117 Å². The lowest BCUT2D eigenvalue weighted by Gasteiger charge is -2.17. The van der Waals surface area contributed by atoms with E-state index in [0.29, 0.717) is 23.5 Å². The summed E-state index contributed by atoms with van der Waals surface area (Å²) in [5.74, 6) is 0.385. The third-order valence-corrected chi connectivity index (χ3v) is 5.47. The molecule has 9 nitrogen and oxygen atoms in total. The molecule has 3 rings (SSSR count). The largest absolute Gasteiger partial charge is 0.493 e. The minimum absolute atomic E-state index is 0.0478. The summed E-state index contributed by atoms with van der Waals surface area (Å²) in [6.07, 6.45) is 0.718. The molecule has 0 unspecified atom stereocenters. The first kappa shape index (κ1) is 24.1. The van der Waals surface area contributed by atoms with Crippen molar-refractivity contribution in [2.24, 2.45) is 0 Å². The van der Waals surface area contributed by atoms with Gasteiger partial charge in [-0.05, 0) is 36.1 Å². The number of imide groups is 1. The first-order valence-corrected chi connectivity index (χ1v) is 10.7. The fourth-order valence-corrected chi connectivity index (χ4v) is 3.72. The Morgan fingerprint density at radius 2 is 1.82 bits per heavy atom. The summed E-state index contributed by atoms with van der Waals surface area (Å²) in [6, 6.07) is 13.0. The van der Waals surface area contributed by atoms with Crippen LogP contribution >= 0.6 is 0 Å². The Hall–Kier alpha value is -3.59. The minimum atomic E-state index is -0.773. The van der Waals surface area contributed by atoms with Gasteiger partial charge < -0.3 is 25.2 Å². The summed E-state index contributed by atoms with van der Waals surface area (Å²) in [6.45, 7) is -0.115. The van der Waals surface area contributed by atoms with Crippen molar-refractivity contribution >= 4 is 17.8 Å². The number of benzene rings is 2. The Balaban J connectivity index is 1.52. The number of rotatable bonds is 11. The van der Waals surface area contributed by atoms with Gasteiger partial charge in [-0.25, -0.2) is 4.79 Å². The van der Waals surface area contributed by atoms with Crippen molar-refractivity contribution in [3.8, 4) is 11.5 Å². The fourth-order valence-electron chi connectivity index (χ4n) is 3.72. The number of aliphatic hydroxyl groups is 1. The van der Waals surface area contributed by atoms with Crippen LogP contribution in [0, 0.1) is 0 Å². The average molecular weight is 456 g/mol. The van der Waals surface area contributed by atoms with Crippen LogP contribution in [-0.2, 0) is 22.6 Å². The number of ether oxygens (including phenoxy) is 2. The smallest absolute Gasteiger partial charge is 0.325 e. The lowest BCUT2D eigenvalue weighted by atomic mass is 10.1. The van der Waals surface area contributed by atoms with Gasteiger partial charge in [-0.3, -0.25) is 14.5 Å². The van der Waals surface area contributed by atoms with E-state index in [2.05, 4.69) is 10.6 Å². The van der Waals surface area contributed by atoms with Crippen molar-refractivity contribution in [2.75, 3.05) is 20.8 Å². The Morgan fingerprint density at radius 1 is 1.09 bits per heavy atom. The fraction of sp³-hybridized carbons (Fsp3) is 0.375. The van der Waals surface area contributed by atoms with Crippen LogP contribution in [0.15, 0.2) is 48.5 Å². The molecule has 1 aliphatic rings. The van der Waals surface area contributed by atoms with Crippen LogP contribution < -0.4 is 20.1 Å². The first-order chi connectivity index (χ1) is 15.9. The highest BCUT2D eigenvalue weighted by atomic mass is 16.5. The summed E-state index contributed by atoms with van der Waals surface area (Å²) in [5, 5.41) is 15.0. The molecule has 0 aliphatic carbocycles. The second-order valence-corrected chi connectivity index (χ2v) is 7.79. The van der Waals surface area contributed by atoms with Crippen molar-refractivity contribution in [2.45, 2.75) is 37.9 Å². The molecule has 1 fully saturated rings. The summed E-state index contributed by atoms with van der Waals surface area (Å²) in [7, 11) is 3.04. The van der Waals surface area contributed by atoms with Gasteiger partial charge in [-0.1, -0.05) is 36.4 Å². The first-order valence-electron chi connectivity index (χ1n) is 10.7. The molecule has 1 heterocycles. The number of carbonyl (C=O) groups excluding carboxylic acids is 3. The van der Waals surface area contributed by atoms with E-state index in [-0.39, 0.29) is 37.8 Å². The van der Waals surface area contributed by atoms with Crippen molar-refractivity contribution in [3.05, 3.63) is 59.7 Å².